The number of hydrogen-bond acceptors (Lipinski definition) is 7. The van der Waals surface area contributed by atoms with Gasteiger partial charge in [-0.1, -0.05) is 19.1 Å². The van der Waals surface area contributed by atoms with Gasteiger partial charge < -0.3 is 25.5 Å². The number of aliphatic hydroxyl groups is 1. The molecule has 4 heterocycles. The maximum atomic E-state index is 14.5. The summed E-state index contributed by atoms with van der Waals surface area (Å²) in [5.41, 5.74) is 6.68. The molecule has 0 fully saturated rings. The van der Waals surface area contributed by atoms with Gasteiger partial charge in [-0.25, -0.2) is 14.2 Å². The fourth-order valence-electron chi connectivity index (χ4n) is 4.85. The number of benzene rings is 1. The van der Waals surface area contributed by atoms with Crippen molar-refractivity contribution in [3.8, 4) is 11.4 Å². The van der Waals surface area contributed by atoms with Crippen LogP contribution in [0.15, 0.2) is 29.1 Å². The third-order valence-corrected chi connectivity index (χ3v) is 6.90. The minimum atomic E-state index is -1.94. The Morgan fingerprint density at radius 1 is 1.33 bits per heavy atom. The van der Waals surface area contributed by atoms with Crippen molar-refractivity contribution in [2.24, 2.45) is 5.73 Å². The van der Waals surface area contributed by atoms with Crippen LogP contribution in [0.5, 0.6) is 0 Å². The first-order chi connectivity index (χ1) is 17.2. The summed E-state index contributed by atoms with van der Waals surface area (Å²) < 4.78 is 21.1. The topological polar surface area (TPSA) is 137 Å². The number of carbonyl (C=O) groups is 2. The first-order valence-corrected chi connectivity index (χ1v) is 11.6. The third kappa shape index (κ3) is 3.52. The van der Waals surface area contributed by atoms with Crippen LogP contribution in [0.2, 0.25) is 0 Å². The maximum absolute atomic E-state index is 14.5. The molecule has 3 aromatic rings. The molecule has 36 heavy (non-hydrogen) atoms. The van der Waals surface area contributed by atoms with Crippen LogP contribution in [0.1, 0.15) is 41.2 Å². The third-order valence-electron chi connectivity index (χ3n) is 6.90. The van der Waals surface area contributed by atoms with Crippen LogP contribution in [0.3, 0.4) is 0 Å². The largest absolute Gasteiger partial charge is 0.458 e. The molecule has 9 nitrogen and oxygen atoms in total. The lowest BCUT2D eigenvalue weighted by Crippen LogP contribution is -2.44. The average Bonchev–Trinajstić information content (AvgIpc) is 3.23. The molecule has 0 spiro atoms. The molecular formula is C26H25FN4O5. The summed E-state index contributed by atoms with van der Waals surface area (Å²) in [5.74, 6) is -1.51. The van der Waals surface area contributed by atoms with Crippen LogP contribution in [0, 0.1) is 12.7 Å². The molecule has 0 radical (unpaired) electrons. The lowest BCUT2D eigenvalue weighted by Gasteiger charge is -2.31. The Balaban J connectivity index is 1.73. The Morgan fingerprint density at radius 3 is 2.83 bits per heavy atom. The van der Waals surface area contributed by atoms with Crippen LogP contribution in [-0.4, -0.2) is 39.6 Å². The van der Waals surface area contributed by atoms with Crippen LogP contribution < -0.4 is 16.6 Å². The Labute approximate surface area is 205 Å². The van der Waals surface area contributed by atoms with Gasteiger partial charge in [0.2, 0.25) is 5.91 Å². The standard InChI is InChI=1S/C26H25FN4O5/c1-3-26(35)18-8-21-23-16(11-31(21)24(33)17(18)12-36-25(26)34)14(5-4-6-29-22(32)10-28)15-7-13(2)19(27)9-20(15)30-23/h4-5,7-9,35H,3,6,10-12,28H2,1-2H3,(H,29,32)/b5-4+/t26-/m0/s1. The van der Waals surface area contributed by atoms with Crippen LogP contribution >= 0.6 is 0 Å². The summed E-state index contributed by atoms with van der Waals surface area (Å²) in [7, 11) is 0. The number of fused-ring (bicyclic) bond motifs is 5. The summed E-state index contributed by atoms with van der Waals surface area (Å²) in [6.45, 7) is 3.38. The van der Waals surface area contributed by atoms with Gasteiger partial charge in [-0.15, -0.1) is 0 Å². The molecule has 2 aliphatic rings. The number of nitrogens with one attached hydrogen (secondary N) is 1. The number of amides is 1. The minimum absolute atomic E-state index is 0.0345. The quantitative estimate of drug-likeness (QED) is 0.360. The highest BCUT2D eigenvalue weighted by Crippen LogP contribution is 2.40. The molecule has 0 saturated carbocycles. The van der Waals surface area contributed by atoms with Gasteiger partial charge in [-0.3, -0.25) is 9.59 Å². The Bertz CT molecular complexity index is 1540. The van der Waals surface area contributed by atoms with Gasteiger partial charge in [0.25, 0.3) is 5.56 Å². The lowest BCUT2D eigenvalue weighted by atomic mass is 9.86. The molecule has 0 aliphatic carbocycles. The number of halogens is 1. The number of esters is 1. The normalized spacial score (nSPS) is 18.2. The van der Waals surface area contributed by atoms with Gasteiger partial charge in [-0.2, -0.15) is 0 Å². The van der Waals surface area contributed by atoms with Crippen molar-refractivity contribution in [2.75, 3.05) is 13.1 Å². The monoisotopic (exact) mass is 492 g/mol. The number of nitrogens with two attached hydrogens (primary N) is 1. The van der Waals surface area contributed by atoms with E-state index >= 15 is 0 Å². The van der Waals surface area contributed by atoms with E-state index in [1.807, 2.05) is 6.08 Å². The van der Waals surface area contributed by atoms with Crippen LogP contribution in [0.4, 0.5) is 4.39 Å². The molecule has 186 valence electrons. The van der Waals surface area contributed by atoms with E-state index < -0.39 is 17.4 Å². The highest BCUT2D eigenvalue weighted by atomic mass is 19.1. The Morgan fingerprint density at radius 2 is 2.11 bits per heavy atom. The van der Waals surface area contributed by atoms with E-state index in [-0.39, 0.29) is 55.3 Å². The molecule has 1 atom stereocenters. The van der Waals surface area contributed by atoms with Crippen molar-refractivity contribution in [3.05, 3.63) is 68.3 Å². The smallest absolute Gasteiger partial charge is 0.343 e. The van der Waals surface area contributed by atoms with Gasteiger partial charge in [-0.05, 0) is 36.6 Å². The number of hydrogen-bond donors (Lipinski definition) is 3. The van der Waals surface area contributed by atoms with Crippen molar-refractivity contribution in [2.45, 2.75) is 39.0 Å². The molecule has 0 saturated heterocycles. The van der Waals surface area contributed by atoms with E-state index in [2.05, 4.69) is 5.32 Å². The summed E-state index contributed by atoms with van der Waals surface area (Å²) in [5, 5.41) is 14.4. The van der Waals surface area contributed by atoms with Gasteiger partial charge in [0, 0.05) is 29.1 Å². The number of aromatic nitrogens is 2. The van der Waals surface area contributed by atoms with E-state index in [0.29, 0.717) is 27.9 Å². The summed E-state index contributed by atoms with van der Waals surface area (Å²) in [6.07, 6.45) is 3.59. The van der Waals surface area contributed by atoms with Crippen LogP contribution in [-0.2, 0) is 33.1 Å². The number of aryl methyl sites for hydroxylation is 1. The van der Waals surface area contributed by atoms with Crippen LogP contribution in [0.25, 0.3) is 28.4 Å². The molecule has 0 bridgehead atoms. The zero-order chi connectivity index (χ0) is 25.8. The van der Waals surface area contributed by atoms with E-state index in [9.17, 15) is 23.9 Å². The molecular weight excluding hydrogens is 467 g/mol. The van der Waals surface area contributed by atoms with E-state index in [1.165, 1.54) is 10.6 Å². The zero-order valence-corrected chi connectivity index (χ0v) is 19.9. The van der Waals surface area contributed by atoms with E-state index in [4.69, 9.17) is 15.5 Å². The fourth-order valence-corrected chi connectivity index (χ4v) is 4.85. The minimum Gasteiger partial charge on any atom is -0.458 e. The maximum Gasteiger partial charge on any atom is 0.343 e. The first-order valence-electron chi connectivity index (χ1n) is 11.6. The number of cyclic esters (lactones) is 1. The number of nitrogens with zero attached hydrogens (tertiary/aromatic N) is 2. The van der Waals surface area contributed by atoms with Crippen molar-refractivity contribution >= 4 is 28.9 Å². The Kier molecular flexibility index (Phi) is 5.73. The zero-order valence-electron chi connectivity index (χ0n) is 19.9. The molecule has 1 aromatic carbocycles. The van der Waals surface area contributed by atoms with E-state index in [0.717, 1.165) is 11.1 Å². The Hall–Kier alpha value is -3.89. The summed E-state index contributed by atoms with van der Waals surface area (Å²) >= 11 is 0. The van der Waals surface area contributed by atoms with Gasteiger partial charge >= 0.3 is 5.97 Å². The average molecular weight is 493 g/mol. The highest BCUT2D eigenvalue weighted by molar-refractivity contribution is 5.94. The predicted molar refractivity (Wildman–Crippen MR) is 130 cm³/mol. The second-order valence-electron chi connectivity index (χ2n) is 8.98. The summed E-state index contributed by atoms with van der Waals surface area (Å²) in [6, 6.07) is 4.66. The SMILES string of the molecule is CC[C@@]1(O)C(=O)OCc2c1cc1n(c2=O)Cc2c-1nc1cc(F)c(C)cc1c2/C=C/CNC(=O)CN. The van der Waals surface area contributed by atoms with Crippen molar-refractivity contribution in [1.82, 2.24) is 14.9 Å². The highest BCUT2D eigenvalue weighted by Gasteiger charge is 2.45. The summed E-state index contributed by atoms with van der Waals surface area (Å²) in [4.78, 5) is 42.1. The fraction of sp³-hybridized carbons (Fsp3) is 0.308. The molecule has 2 aromatic heterocycles. The molecule has 5 rings (SSSR count). The van der Waals surface area contributed by atoms with E-state index in [1.54, 1.807) is 32.1 Å². The second-order valence-corrected chi connectivity index (χ2v) is 8.98. The number of pyridine rings is 2. The number of rotatable bonds is 5. The van der Waals surface area contributed by atoms with Crippen molar-refractivity contribution in [1.29, 1.82) is 0 Å². The van der Waals surface area contributed by atoms with Gasteiger partial charge in [0.1, 0.15) is 12.4 Å². The first kappa shape index (κ1) is 23.8. The molecule has 0 unspecified atom stereocenters. The molecule has 4 N–H and O–H groups in total. The number of carbonyl (C=O) groups excluding carboxylic acids is 2. The molecule has 2 aliphatic heterocycles. The predicted octanol–water partition coefficient (Wildman–Crippen LogP) is 1.62. The number of ether oxygens (including phenoxy) is 1. The second kappa shape index (κ2) is 8.65. The lowest BCUT2D eigenvalue weighted by molar-refractivity contribution is -0.172. The molecule has 10 heteroatoms. The van der Waals surface area contributed by atoms with Gasteiger partial charge in [0.05, 0.1) is 35.6 Å². The van der Waals surface area contributed by atoms with Crippen molar-refractivity contribution in [3.63, 3.8) is 0 Å². The molecule has 1 amide bonds. The van der Waals surface area contributed by atoms with Gasteiger partial charge in [0.15, 0.2) is 5.60 Å². The van der Waals surface area contributed by atoms with Crippen molar-refractivity contribution < 1.29 is 23.8 Å².